The minimum absolute atomic E-state index is 0.0683. The molecule has 0 bridgehead atoms. The molecule has 0 spiro atoms. The highest BCUT2D eigenvalue weighted by Crippen LogP contribution is 2.19. The summed E-state index contributed by atoms with van der Waals surface area (Å²) in [5.74, 6) is -25.3. The fourth-order valence-electron chi connectivity index (χ4n) is 13.2. The van der Waals surface area contributed by atoms with E-state index in [0.717, 1.165) is 13.8 Å². The van der Waals surface area contributed by atoms with Gasteiger partial charge < -0.3 is 145 Å². The number of primary amides is 2. The van der Waals surface area contributed by atoms with Crippen LogP contribution in [0.5, 0.6) is 5.75 Å². The summed E-state index contributed by atoms with van der Waals surface area (Å²) in [6, 6.07) is -20.1. The number of carbonyl (C=O) groups is 21. The Bertz CT molecular complexity index is 4160. The molecule has 0 fully saturated rings. The number of hydrogen-bond acceptors (Lipinski definition) is 30. The van der Waals surface area contributed by atoms with Gasteiger partial charge in [0.2, 0.25) is 94.5 Å². The van der Waals surface area contributed by atoms with Crippen LogP contribution >= 0.6 is 23.5 Å². The maximum absolute atomic E-state index is 14.6. The largest absolute Gasteiger partial charge is 0.508 e. The summed E-state index contributed by atoms with van der Waals surface area (Å²) >= 11 is 2.60. The summed E-state index contributed by atoms with van der Waals surface area (Å²) in [5.41, 5.74) is 37.3. The molecule has 17 amide bonds. The highest BCUT2D eigenvalue weighted by atomic mass is 32.2. The van der Waals surface area contributed by atoms with Gasteiger partial charge in [-0.1, -0.05) is 73.9 Å². The van der Waals surface area contributed by atoms with Crippen molar-refractivity contribution < 1.29 is 132 Å². The molecule has 1 aromatic rings. The molecule has 0 aliphatic rings. The van der Waals surface area contributed by atoms with E-state index in [0.29, 0.717) is 18.7 Å². The molecule has 0 aliphatic heterocycles. The number of rotatable bonds is 70. The smallest absolute Gasteiger partial charge is 0.326 e. The van der Waals surface area contributed by atoms with Crippen molar-refractivity contribution in [3.63, 3.8) is 0 Å². The third-order valence-corrected chi connectivity index (χ3v) is 22.2. The molecule has 0 radical (unpaired) electrons. The number of thioether (sulfide) groups is 2. The van der Waals surface area contributed by atoms with Crippen LogP contribution < -0.4 is 131 Å². The Hall–Kier alpha value is -11.7. The van der Waals surface area contributed by atoms with E-state index in [-0.39, 0.29) is 87.3 Å². The lowest BCUT2D eigenvalue weighted by Gasteiger charge is -2.30. The number of amides is 17. The lowest BCUT2D eigenvalue weighted by Crippen LogP contribution is -2.69. The van der Waals surface area contributed by atoms with Crippen molar-refractivity contribution in [2.45, 2.75) is 300 Å². The van der Waals surface area contributed by atoms with Crippen LogP contribution in [0, 0.1) is 23.7 Å². The van der Waals surface area contributed by atoms with E-state index in [1.165, 1.54) is 47.8 Å². The van der Waals surface area contributed by atoms with Crippen molar-refractivity contribution in [3.8, 4) is 5.75 Å². The van der Waals surface area contributed by atoms with E-state index in [1.807, 2.05) is 0 Å². The van der Waals surface area contributed by atoms with E-state index in [4.69, 9.17) is 34.4 Å². The minimum Gasteiger partial charge on any atom is -0.508 e. The van der Waals surface area contributed by atoms with Gasteiger partial charge in [0.25, 0.3) is 5.91 Å². The molecule has 1 rings (SSSR count). The van der Waals surface area contributed by atoms with Gasteiger partial charge in [-0.15, -0.1) is 0 Å². The van der Waals surface area contributed by atoms with Crippen LogP contribution in [-0.4, -0.2) is 296 Å². The van der Waals surface area contributed by atoms with Crippen molar-refractivity contribution >= 4 is 148 Å². The van der Waals surface area contributed by atoms with Gasteiger partial charge in [0.1, 0.15) is 109 Å². The average molecular weight is 1970 g/mol. The summed E-state index contributed by atoms with van der Waals surface area (Å²) in [5, 5.41) is 91.6. The molecule has 0 aliphatic carbocycles. The third-order valence-electron chi connectivity index (χ3n) is 20.9. The Morgan fingerprint density at radius 1 is 0.346 bits per heavy atom. The number of carboxylic acids is 4. The minimum atomic E-state index is -2.05. The van der Waals surface area contributed by atoms with E-state index in [9.17, 15) is 126 Å². The first kappa shape index (κ1) is 122. The van der Waals surface area contributed by atoms with Crippen molar-refractivity contribution in [1.82, 2.24) is 90.4 Å². The van der Waals surface area contributed by atoms with Crippen LogP contribution in [0.1, 0.15) is 190 Å². The van der Waals surface area contributed by atoms with Crippen molar-refractivity contribution in [3.05, 3.63) is 29.8 Å². The highest BCUT2D eigenvalue weighted by molar-refractivity contribution is 7.98. The topological polar surface area (TPSA) is 848 Å². The van der Waals surface area contributed by atoms with Crippen LogP contribution in [-0.2, 0) is 107 Å². The zero-order chi connectivity index (χ0) is 104. The van der Waals surface area contributed by atoms with Gasteiger partial charge in [0.05, 0.1) is 12.8 Å². The number of phenols is 1. The predicted octanol–water partition coefficient (Wildman–Crippen LogP) is -7.88. The molecule has 0 saturated heterocycles. The fourth-order valence-corrected chi connectivity index (χ4v) is 14.2. The second-order valence-corrected chi connectivity index (χ2v) is 36.3. The molecule has 17 atom stereocenters. The molecule has 1 aromatic carbocycles. The van der Waals surface area contributed by atoms with Crippen LogP contribution in [0.15, 0.2) is 24.3 Å². The third kappa shape index (κ3) is 50.2. The Balaban J connectivity index is 3.64. The first-order valence-electron chi connectivity index (χ1n) is 44.7. The van der Waals surface area contributed by atoms with Crippen LogP contribution in [0.3, 0.4) is 0 Å². The Labute approximate surface area is 797 Å². The number of quaternary nitrogens is 1. The van der Waals surface area contributed by atoms with Gasteiger partial charge in [-0.25, -0.2) is 4.79 Å². The van der Waals surface area contributed by atoms with Crippen molar-refractivity contribution in [1.29, 1.82) is 0 Å². The van der Waals surface area contributed by atoms with Gasteiger partial charge in [0, 0.05) is 32.1 Å². The second kappa shape index (κ2) is 64.4. The summed E-state index contributed by atoms with van der Waals surface area (Å²) in [6.45, 7) is 15.9. The first-order chi connectivity index (χ1) is 63.6. The number of nitrogens with two attached hydrogens (primary N) is 6. The van der Waals surface area contributed by atoms with E-state index < -0.39 is 309 Å². The molecule has 0 heterocycles. The number of nitrogens with one attached hydrogen (secondary N) is 17. The van der Waals surface area contributed by atoms with Gasteiger partial charge in [-0.3, -0.25) is 107 Å². The number of aliphatic carboxylic acids is 4. The maximum atomic E-state index is 14.6. The summed E-state index contributed by atoms with van der Waals surface area (Å²) in [4.78, 5) is 286. The van der Waals surface area contributed by atoms with E-state index in [2.05, 4.69) is 96.1 Å². The normalized spacial score (nSPS) is 15.1. The molecular weight excluding hydrogens is 1830 g/mol. The summed E-state index contributed by atoms with van der Waals surface area (Å²) in [7, 11) is 0. The molecule has 52 heteroatoms. The summed E-state index contributed by atoms with van der Waals surface area (Å²) < 4.78 is 0. The van der Waals surface area contributed by atoms with Gasteiger partial charge >= 0.3 is 23.9 Å². The maximum Gasteiger partial charge on any atom is 0.326 e. The number of hydrogen-bond donors (Lipinski definition) is 29. The fraction of sp³-hybridized carbons (Fsp3) is 0.679. The van der Waals surface area contributed by atoms with Crippen molar-refractivity contribution in [2.75, 3.05) is 37.1 Å². The Kier molecular flexibility index (Phi) is 57.9. The van der Waals surface area contributed by atoms with Gasteiger partial charge in [-0.05, 0) is 163 Å². The first-order valence-corrected chi connectivity index (χ1v) is 47.5. The quantitative estimate of drug-likeness (QED) is 0.0213. The number of carboxylic acid groups (broad SMARTS) is 4. The average Bonchev–Trinajstić information content (AvgIpc) is 0.843. The number of aromatic hydroxyl groups is 1. The van der Waals surface area contributed by atoms with Crippen LogP contribution in [0.25, 0.3) is 0 Å². The zero-order valence-electron chi connectivity index (χ0n) is 79.1. The van der Waals surface area contributed by atoms with E-state index in [1.54, 1.807) is 67.9 Å². The standard InChI is InChI=1S/C84H144N24O26S2/c1-13-43(8)66(108-80(131)59(38-62(87)111)107-73(124)52(28-32-135-11)96-69(120)48(85)16-14-30-92-83(88)89)81(132)100-49(22-25-61(86)110)71(122)99-53(29-33-136-12)74(125)103-57(36-42(6)7)77(128)104-55(34-40(2)3)75(126)97-50(23-26-63(112)113)70(121)95-44(9)67(118)94-45(10)68(119)102-60(39-65(116)117)79(130)106-58(37-46-18-20-47(109)21-19-46)78(129)105-56(35-41(4)5)76(127)98-51(24-27-64(114)115)72(123)101-54(82(133)134)17-15-31-93-84(90)91/h18-21,40-45,48-60,66,83-84,92-93,109H,13-17,22-39,85,88-91H2,1-12H3,(H2,86,110)(H2,87,111)(H,94,118)(H,95,121)(H,96,120)(H,97,126)(H,98,127)(H,99,122)(H,100,132)(H,101,123)(H,102,119)(H,103,125)(H,104,128)(H,105,129)(H,106,130)(H,107,124)(H,108,131)(H,112,113)(H,114,115)(H,116,117)(H,133,134)/p+1/t43-,44-,45-,48-,49-,50-,51-,52-,53-,54-,55-,56-,57-,58-,59-,60-,66-/m0/s1. The number of carbonyl (C=O) groups excluding carboxylic acids is 17. The van der Waals surface area contributed by atoms with Crippen LogP contribution in [0.2, 0.25) is 0 Å². The molecule has 0 saturated carbocycles. The van der Waals surface area contributed by atoms with Gasteiger partial charge in [-0.2, -0.15) is 23.5 Å². The number of phenolic OH excluding ortho intramolecular Hbond substituents is 1. The number of benzene rings is 1. The zero-order valence-corrected chi connectivity index (χ0v) is 80.7. The molecular formula is C84H145N24O26S2+. The SMILES string of the molecule is CC[C@H](C)[C@H](NC(=O)[C@H](CC(N)=O)NC(=O)[C@H](CCSC)NC(=O)[C@@H]([NH3+])CCCNC(N)N)C(=O)N[C@@H](CCC(N)=O)C(=O)N[C@@H](CCSC)C(=O)N[C@@H](CC(C)C)C(=O)N[C@@H](CC(C)C)C(=O)N[C@@H](CCC(=O)O)C(=O)N[C@@H](C)C(=O)N[C@@H](C)C(=O)N[C@@H](CC(=O)O)C(=O)N[C@@H](Cc1ccc(O)cc1)C(=O)N[C@@H](CC(C)C)C(=O)N[C@@H](CCC(=O)O)C(=O)N[C@@H](CCCNC(N)N)C(=O)O. The molecule has 50 nitrogen and oxygen atoms in total. The molecule has 0 aromatic heterocycles. The highest BCUT2D eigenvalue weighted by Gasteiger charge is 2.41. The van der Waals surface area contributed by atoms with Crippen LogP contribution in [0.4, 0.5) is 0 Å². The molecule has 136 heavy (non-hydrogen) atoms. The molecule has 37 N–H and O–H groups in total. The van der Waals surface area contributed by atoms with E-state index >= 15 is 0 Å². The summed E-state index contributed by atoms with van der Waals surface area (Å²) in [6.07, 6.45) is -3.93. The Morgan fingerprint density at radius 2 is 0.662 bits per heavy atom. The monoisotopic (exact) mass is 1970 g/mol. The lowest BCUT2D eigenvalue weighted by molar-refractivity contribution is -0.405. The lowest BCUT2D eigenvalue weighted by atomic mass is 9.96. The Morgan fingerprint density at radius 3 is 1.04 bits per heavy atom. The van der Waals surface area contributed by atoms with Crippen molar-refractivity contribution in [2.24, 2.45) is 58.1 Å². The molecule has 768 valence electrons. The predicted molar refractivity (Wildman–Crippen MR) is 497 cm³/mol. The molecule has 0 unspecified atom stereocenters. The second-order valence-electron chi connectivity index (χ2n) is 34.3. The van der Waals surface area contributed by atoms with Gasteiger partial charge in [0.15, 0.2) is 6.04 Å².